The number of hydrogen-bond donors (Lipinski definition) is 4. The number of aliphatic hydroxyl groups is 1. The Balaban J connectivity index is 1.70. The predicted molar refractivity (Wildman–Crippen MR) is 176 cm³/mol. The number of nitrogens with zero attached hydrogens (tertiary/aromatic N) is 2. The van der Waals surface area contributed by atoms with Gasteiger partial charge in [0.05, 0.1) is 6.10 Å². The quantitative estimate of drug-likeness (QED) is 0.179. The summed E-state index contributed by atoms with van der Waals surface area (Å²) in [6, 6.07) is 9.94. The third-order valence-electron chi connectivity index (χ3n) is 8.23. The number of likely N-dealkylation sites (tertiary alicyclic amines) is 1. The number of benzene rings is 2. The predicted octanol–water partition coefficient (Wildman–Crippen LogP) is 3.61. The highest BCUT2D eigenvalue weighted by Gasteiger charge is 2.33. The van der Waals surface area contributed by atoms with Crippen molar-refractivity contribution in [1.82, 2.24) is 20.9 Å². The van der Waals surface area contributed by atoms with Crippen LogP contribution in [0.1, 0.15) is 63.1 Å². The normalized spacial score (nSPS) is 15.6. The summed E-state index contributed by atoms with van der Waals surface area (Å²) in [5.74, 6) is -3.22. The van der Waals surface area contributed by atoms with Crippen LogP contribution in [0.2, 0.25) is 0 Å². The SMILES string of the molecule is Cc1ccc(CNC(=O)C(CC2CCN(C(=O)C(C#N)=CC(C)C)CC2)NC(=O)C(NC(=O)CCc2cccc(F)c2)C(C)O)c(F)c1. The second-order valence-electron chi connectivity index (χ2n) is 12.7. The van der Waals surface area contributed by atoms with E-state index < -0.39 is 47.5 Å². The highest BCUT2D eigenvalue weighted by atomic mass is 19.1. The Labute approximate surface area is 280 Å². The summed E-state index contributed by atoms with van der Waals surface area (Å²) in [7, 11) is 0. The smallest absolute Gasteiger partial charge is 0.264 e. The molecule has 0 saturated carbocycles. The van der Waals surface area contributed by atoms with Crippen LogP contribution in [0.25, 0.3) is 0 Å². The van der Waals surface area contributed by atoms with Crippen LogP contribution >= 0.6 is 0 Å². The van der Waals surface area contributed by atoms with Crippen LogP contribution in [0.5, 0.6) is 0 Å². The number of aryl methyl sites for hydroxylation is 2. The molecular weight excluding hydrogens is 620 g/mol. The molecule has 4 amide bonds. The molecule has 1 saturated heterocycles. The van der Waals surface area contributed by atoms with Gasteiger partial charge in [-0.2, -0.15) is 5.26 Å². The number of rotatable bonds is 14. The van der Waals surface area contributed by atoms with Gasteiger partial charge in [0.15, 0.2) is 0 Å². The number of carbonyl (C=O) groups is 4. The number of nitriles is 1. The van der Waals surface area contributed by atoms with Gasteiger partial charge in [0, 0.05) is 31.6 Å². The summed E-state index contributed by atoms with van der Waals surface area (Å²) in [6.45, 7) is 7.43. The lowest BCUT2D eigenvalue weighted by Gasteiger charge is -2.34. The summed E-state index contributed by atoms with van der Waals surface area (Å²) in [5.41, 5.74) is 1.67. The third kappa shape index (κ3) is 11.6. The average molecular weight is 666 g/mol. The van der Waals surface area contributed by atoms with Gasteiger partial charge < -0.3 is 26.0 Å². The van der Waals surface area contributed by atoms with Crippen molar-refractivity contribution >= 4 is 23.6 Å². The molecule has 1 aliphatic heterocycles. The maximum atomic E-state index is 14.5. The van der Waals surface area contributed by atoms with Gasteiger partial charge in [0.2, 0.25) is 17.7 Å². The van der Waals surface area contributed by atoms with Crippen molar-refractivity contribution < 1.29 is 33.1 Å². The fourth-order valence-electron chi connectivity index (χ4n) is 5.56. The number of halogens is 2. The van der Waals surface area contributed by atoms with E-state index in [-0.39, 0.29) is 54.7 Å². The number of piperidine rings is 1. The zero-order valence-corrected chi connectivity index (χ0v) is 27.9. The van der Waals surface area contributed by atoms with E-state index in [1.807, 2.05) is 19.9 Å². The molecule has 3 rings (SSSR count). The first-order valence-electron chi connectivity index (χ1n) is 16.2. The molecule has 1 fully saturated rings. The highest BCUT2D eigenvalue weighted by molar-refractivity contribution is 5.97. The molecule has 0 bridgehead atoms. The second-order valence-corrected chi connectivity index (χ2v) is 12.7. The first-order valence-corrected chi connectivity index (χ1v) is 16.2. The van der Waals surface area contributed by atoms with E-state index in [2.05, 4.69) is 16.0 Å². The Morgan fingerprint density at radius 1 is 1.04 bits per heavy atom. The summed E-state index contributed by atoms with van der Waals surface area (Å²) in [4.78, 5) is 54.1. The number of nitrogens with one attached hydrogen (secondary N) is 3. The molecule has 48 heavy (non-hydrogen) atoms. The molecule has 2 aromatic rings. The van der Waals surface area contributed by atoms with Crippen LogP contribution in [-0.2, 0) is 32.1 Å². The first-order chi connectivity index (χ1) is 22.8. The van der Waals surface area contributed by atoms with Crippen molar-refractivity contribution in [3.05, 3.63) is 82.4 Å². The van der Waals surface area contributed by atoms with Crippen LogP contribution in [0.3, 0.4) is 0 Å². The van der Waals surface area contributed by atoms with Gasteiger partial charge in [-0.1, -0.05) is 44.2 Å². The third-order valence-corrected chi connectivity index (χ3v) is 8.23. The molecule has 0 aromatic heterocycles. The lowest BCUT2D eigenvalue weighted by atomic mass is 9.89. The Bertz CT molecular complexity index is 1530. The monoisotopic (exact) mass is 665 g/mol. The summed E-state index contributed by atoms with van der Waals surface area (Å²) < 4.78 is 28.0. The van der Waals surface area contributed by atoms with Crippen LogP contribution in [-0.4, -0.2) is 64.9 Å². The fourth-order valence-corrected chi connectivity index (χ4v) is 5.56. The van der Waals surface area contributed by atoms with Gasteiger partial charge in [-0.05, 0) is 80.7 Å². The highest BCUT2D eigenvalue weighted by Crippen LogP contribution is 2.24. The Morgan fingerprint density at radius 3 is 2.35 bits per heavy atom. The number of carbonyl (C=O) groups excluding carboxylic acids is 4. The Kier molecular flexibility index (Phi) is 14.2. The van der Waals surface area contributed by atoms with Crippen molar-refractivity contribution in [3.8, 4) is 6.07 Å². The van der Waals surface area contributed by atoms with Gasteiger partial charge in [-0.15, -0.1) is 0 Å². The minimum atomic E-state index is -1.38. The van der Waals surface area contributed by atoms with E-state index in [0.29, 0.717) is 31.5 Å². The number of amides is 4. The number of allylic oxidation sites excluding steroid dienone is 1. The topological polar surface area (TPSA) is 152 Å². The van der Waals surface area contributed by atoms with Crippen molar-refractivity contribution in [2.75, 3.05) is 13.1 Å². The molecule has 3 unspecified atom stereocenters. The van der Waals surface area contributed by atoms with E-state index in [9.17, 15) is 38.3 Å². The first kappa shape index (κ1) is 37.8. The molecule has 0 radical (unpaired) electrons. The van der Waals surface area contributed by atoms with Gasteiger partial charge in [0.25, 0.3) is 5.91 Å². The molecule has 4 N–H and O–H groups in total. The molecule has 2 aromatic carbocycles. The molecule has 0 aliphatic carbocycles. The standard InChI is InChI=1S/C36H45F2N5O5/c1-22(2)16-28(20-39)36(48)43-14-12-26(13-15-43)19-31(34(46)40-21-27-10-8-23(3)17-30(27)38)41-35(47)33(24(4)44)42-32(45)11-9-25-6-5-7-29(37)18-25/h5-8,10,16-18,22,24,26,31,33,44H,9,11-15,19,21H2,1-4H3,(H,40,46)(H,41,47)(H,42,45). The summed E-state index contributed by atoms with van der Waals surface area (Å²) in [6.07, 6.45) is 1.66. The summed E-state index contributed by atoms with van der Waals surface area (Å²) >= 11 is 0. The molecule has 0 spiro atoms. The van der Waals surface area contributed by atoms with E-state index in [1.54, 1.807) is 36.1 Å². The van der Waals surface area contributed by atoms with Crippen molar-refractivity contribution in [2.24, 2.45) is 11.8 Å². The van der Waals surface area contributed by atoms with E-state index in [0.717, 1.165) is 5.56 Å². The lowest BCUT2D eigenvalue weighted by molar-refractivity contribution is -0.134. The minimum Gasteiger partial charge on any atom is -0.391 e. The van der Waals surface area contributed by atoms with E-state index in [4.69, 9.17) is 0 Å². The molecule has 10 nitrogen and oxygen atoms in total. The number of aliphatic hydroxyl groups excluding tert-OH is 1. The second kappa shape index (κ2) is 18.1. The largest absolute Gasteiger partial charge is 0.391 e. The van der Waals surface area contributed by atoms with Crippen molar-refractivity contribution in [3.63, 3.8) is 0 Å². The number of hydrogen-bond acceptors (Lipinski definition) is 6. The van der Waals surface area contributed by atoms with Crippen LogP contribution in [0.15, 0.2) is 54.1 Å². The van der Waals surface area contributed by atoms with Crippen LogP contribution < -0.4 is 16.0 Å². The van der Waals surface area contributed by atoms with Crippen LogP contribution in [0.4, 0.5) is 8.78 Å². The minimum absolute atomic E-state index is 0.0288. The maximum Gasteiger partial charge on any atom is 0.264 e. The molecule has 258 valence electrons. The van der Waals surface area contributed by atoms with Gasteiger partial charge in [-0.3, -0.25) is 19.2 Å². The summed E-state index contributed by atoms with van der Waals surface area (Å²) in [5, 5.41) is 27.7. The van der Waals surface area contributed by atoms with Gasteiger partial charge in [-0.25, -0.2) is 8.78 Å². The Hall–Kier alpha value is -4.63. The van der Waals surface area contributed by atoms with Crippen molar-refractivity contribution in [1.29, 1.82) is 5.26 Å². The van der Waals surface area contributed by atoms with E-state index >= 15 is 0 Å². The lowest BCUT2D eigenvalue weighted by Crippen LogP contribution is -2.57. The van der Waals surface area contributed by atoms with Gasteiger partial charge >= 0.3 is 0 Å². The fraction of sp³-hybridized carbons (Fsp3) is 0.472. The molecule has 3 atom stereocenters. The van der Waals surface area contributed by atoms with Crippen LogP contribution in [0, 0.1) is 41.7 Å². The zero-order chi connectivity index (χ0) is 35.4. The van der Waals surface area contributed by atoms with Gasteiger partial charge in [0.1, 0.15) is 35.4 Å². The molecule has 1 aliphatic rings. The zero-order valence-electron chi connectivity index (χ0n) is 27.9. The van der Waals surface area contributed by atoms with E-state index in [1.165, 1.54) is 31.2 Å². The molecular formula is C36H45F2N5O5. The molecule has 1 heterocycles. The Morgan fingerprint density at radius 2 is 1.75 bits per heavy atom. The molecule has 12 heteroatoms. The maximum absolute atomic E-state index is 14.5. The average Bonchev–Trinajstić information content (AvgIpc) is 3.04. The van der Waals surface area contributed by atoms with Crippen molar-refractivity contribution in [2.45, 2.75) is 84.5 Å².